The van der Waals surface area contributed by atoms with Crippen LogP contribution < -0.4 is 10.6 Å². The van der Waals surface area contributed by atoms with Crippen LogP contribution in [0.25, 0.3) is 0 Å². The zero-order valence-corrected chi connectivity index (χ0v) is 11.3. The molecule has 0 radical (unpaired) electrons. The van der Waals surface area contributed by atoms with E-state index in [9.17, 15) is 14.0 Å². The summed E-state index contributed by atoms with van der Waals surface area (Å²) in [6.07, 6.45) is 0. The number of amides is 1. The molecule has 104 valence electrons. The first-order chi connectivity index (χ1) is 8.81. The number of nitrogens with one attached hydrogen (secondary N) is 2. The van der Waals surface area contributed by atoms with E-state index < -0.39 is 23.7 Å². The number of anilines is 1. The van der Waals surface area contributed by atoms with E-state index in [-0.39, 0.29) is 22.3 Å². The van der Waals surface area contributed by atoms with Crippen molar-refractivity contribution in [2.75, 3.05) is 11.9 Å². The van der Waals surface area contributed by atoms with Crippen molar-refractivity contribution in [3.63, 3.8) is 0 Å². The summed E-state index contributed by atoms with van der Waals surface area (Å²) in [5, 5.41) is 13.9. The Morgan fingerprint density at radius 3 is 2.32 bits per heavy atom. The number of carbonyl (C=O) groups excluding carboxylic acids is 1. The van der Waals surface area contributed by atoms with Crippen LogP contribution in [0, 0.1) is 5.82 Å². The molecular formula is C11H11Cl2FN2O3. The molecule has 1 rings (SSSR count). The first-order valence-corrected chi connectivity index (χ1v) is 5.95. The number of hydrogen-bond acceptors (Lipinski definition) is 3. The fraction of sp³-hybridized carbons (Fsp3) is 0.273. The smallest absolute Gasteiger partial charge is 0.328 e. The molecule has 0 aromatic heterocycles. The number of rotatable bonds is 5. The molecule has 19 heavy (non-hydrogen) atoms. The summed E-state index contributed by atoms with van der Waals surface area (Å²) in [6.45, 7) is 1.06. The molecule has 1 aromatic rings. The second-order valence-corrected chi connectivity index (χ2v) is 4.53. The van der Waals surface area contributed by atoms with E-state index >= 15 is 0 Å². The Balaban J connectivity index is 2.80. The highest BCUT2D eigenvalue weighted by Gasteiger charge is 2.19. The number of hydrogen-bond donors (Lipinski definition) is 3. The van der Waals surface area contributed by atoms with Crippen molar-refractivity contribution in [3.05, 3.63) is 28.0 Å². The minimum atomic E-state index is -1.21. The highest BCUT2D eigenvalue weighted by Crippen LogP contribution is 2.31. The molecule has 0 spiro atoms. The van der Waals surface area contributed by atoms with Gasteiger partial charge in [0.2, 0.25) is 5.91 Å². The van der Waals surface area contributed by atoms with Gasteiger partial charge in [0.15, 0.2) is 0 Å². The Labute approximate surface area is 118 Å². The molecule has 0 aliphatic rings. The number of carboxylic acid groups (broad SMARTS) is 1. The zero-order chi connectivity index (χ0) is 14.6. The summed E-state index contributed by atoms with van der Waals surface area (Å²) in [7, 11) is 0. The second kappa shape index (κ2) is 6.58. The minimum Gasteiger partial charge on any atom is -0.480 e. The molecule has 5 nitrogen and oxygen atoms in total. The van der Waals surface area contributed by atoms with Gasteiger partial charge in [0.1, 0.15) is 11.9 Å². The molecular weight excluding hydrogens is 298 g/mol. The number of carbonyl (C=O) groups is 2. The van der Waals surface area contributed by atoms with Crippen LogP contribution in [-0.2, 0) is 9.59 Å². The number of aliphatic carboxylic acids is 1. The highest BCUT2D eigenvalue weighted by molar-refractivity contribution is 6.39. The monoisotopic (exact) mass is 308 g/mol. The van der Waals surface area contributed by atoms with Crippen LogP contribution in [0.15, 0.2) is 12.1 Å². The van der Waals surface area contributed by atoms with Gasteiger partial charge in [-0.1, -0.05) is 23.2 Å². The van der Waals surface area contributed by atoms with Gasteiger partial charge in [0.25, 0.3) is 0 Å². The molecule has 8 heteroatoms. The second-order valence-electron chi connectivity index (χ2n) is 3.72. The fourth-order valence-electron chi connectivity index (χ4n) is 1.36. The summed E-state index contributed by atoms with van der Waals surface area (Å²) in [5.74, 6) is -2.29. The first-order valence-electron chi connectivity index (χ1n) is 5.19. The lowest BCUT2D eigenvalue weighted by Gasteiger charge is -2.16. The number of carboxylic acids is 1. The van der Waals surface area contributed by atoms with Crippen LogP contribution in [0.2, 0.25) is 10.0 Å². The van der Waals surface area contributed by atoms with Crippen LogP contribution in [0.4, 0.5) is 10.1 Å². The largest absolute Gasteiger partial charge is 0.480 e. The quantitative estimate of drug-likeness (QED) is 0.778. The Morgan fingerprint density at radius 2 is 1.89 bits per heavy atom. The Bertz CT molecular complexity index is 488. The van der Waals surface area contributed by atoms with Crippen LogP contribution in [0.1, 0.15) is 6.92 Å². The summed E-state index contributed by atoms with van der Waals surface area (Å²) in [4.78, 5) is 21.7. The third-order valence-electron chi connectivity index (χ3n) is 2.17. The average molecular weight is 309 g/mol. The van der Waals surface area contributed by atoms with E-state index in [0.29, 0.717) is 0 Å². The third-order valence-corrected chi connectivity index (χ3v) is 2.76. The summed E-state index contributed by atoms with van der Waals surface area (Å²) >= 11 is 11.6. The van der Waals surface area contributed by atoms with Crippen molar-refractivity contribution in [1.82, 2.24) is 5.32 Å². The molecule has 0 aliphatic heterocycles. The minimum absolute atomic E-state index is 0.0250. The summed E-state index contributed by atoms with van der Waals surface area (Å²) in [5.41, 5.74) is 0.210. The Hall–Kier alpha value is -1.53. The number of halogens is 3. The average Bonchev–Trinajstić information content (AvgIpc) is 2.25. The van der Waals surface area contributed by atoms with Crippen molar-refractivity contribution in [2.45, 2.75) is 13.0 Å². The van der Waals surface area contributed by atoms with Gasteiger partial charge in [-0.3, -0.25) is 4.79 Å². The van der Waals surface area contributed by atoms with Gasteiger partial charge < -0.3 is 15.7 Å². The summed E-state index contributed by atoms with van der Waals surface area (Å²) in [6, 6.07) is 0.947. The van der Waals surface area contributed by atoms with Gasteiger partial charge in [0, 0.05) is 13.5 Å². The predicted octanol–water partition coefficient (Wildman–Crippen LogP) is 2.13. The first kappa shape index (κ1) is 15.5. The highest BCUT2D eigenvalue weighted by atomic mass is 35.5. The van der Waals surface area contributed by atoms with Gasteiger partial charge in [-0.25, -0.2) is 9.18 Å². The maximum absolute atomic E-state index is 13.0. The lowest BCUT2D eigenvalue weighted by molar-refractivity contribution is -0.141. The Kier molecular flexibility index (Phi) is 5.38. The predicted molar refractivity (Wildman–Crippen MR) is 70.2 cm³/mol. The Morgan fingerprint density at radius 1 is 1.37 bits per heavy atom. The van der Waals surface area contributed by atoms with Crippen molar-refractivity contribution in [1.29, 1.82) is 0 Å². The lowest BCUT2D eigenvalue weighted by Crippen LogP contribution is -2.44. The van der Waals surface area contributed by atoms with E-state index in [1.54, 1.807) is 0 Å². The summed E-state index contributed by atoms with van der Waals surface area (Å²) < 4.78 is 13.0. The molecule has 3 N–H and O–H groups in total. The fourth-order valence-corrected chi connectivity index (χ4v) is 1.95. The molecule has 0 fully saturated rings. The van der Waals surface area contributed by atoms with Crippen molar-refractivity contribution >= 4 is 40.8 Å². The molecule has 1 aromatic carbocycles. The van der Waals surface area contributed by atoms with Gasteiger partial charge >= 0.3 is 5.97 Å². The van der Waals surface area contributed by atoms with Gasteiger partial charge in [0.05, 0.1) is 15.7 Å². The van der Waals surface area contributed by atoms with Gasteiger partial charge in [-0.2, -0.15) is 0 Å². The lowest BCUT2D eigenvalue weighted by atomic mass is 10.2. The molecule has 0 bridgehead atoms. The SMILES string of the molecule is CC(=O)NC(CNc1c(Cl)cc(F)cc1Cl)C(=O)O. The zero-order valence-electron chi connectivity index (χ0n) is 9.84. The maximum Gasteiger partial charge on any atom is 0.328 e. The molecule has 0 heterocycles. The standard InChI is InChI=1S/C11H11Cl2FN2O3/c1-5(17)16-9(11(18)19)4-15-10-7(12)2-6(14)3-8(10)13/h2-3,9,15H,4H2,1H3,(H,16,17)(H,18,19). The van der Waals surface area contributed by atoms with E-state index in [0.717, 1.165) is 12.1 Å². The maximum atomic E-state index is 13.0. The topological polar surface area (TPSA) is 78.4 Å². The van der Waals surface area contributed by atoms with Crippen molar-refractivity contribution in [3.8, 4) is 0 Å². The molecule has 0 saturated heterocycles. The number of benzene rings is 1. The van der Waals surface area contributed by atoms with Crippen molar-refractivity contribution in [2.24, 2.45) is 0 Å². The van der Waals surface area contributed by atoms with Crippen LogP contribution in [0.5, 0.6) is 0 Å². The van der Waals surface area contributed by atoms with E-state index in [1.807, 2.05) is 0 Å². The van der Waals surface area contributed by atoms with E-state index in [2.05, 4.69) is 10.6 Å². The van der Waals surface area contributed by atoms with E-state index in [4.69, 9.17) is 28.3 Å². The van der Waals surface area contributed by atoms with Crippen LogP contribution in [-0.4, -0.2) is 29.6 Å². The third kappa shape index (κ3) is 4.57. The van der Waals surface area contributed by atoms with Gasteiger partial charge in [-0.15, -0.1) is 0 Å². The van der Waals surface area contributed by atoms with Gasteiger partial charge in [-0.05, 0) is 12.1 Å². The molecule has 1 unspecified atom stereocenters. The molecule has 1 atom stereocenters. The van der Waals surface area contributed by atoms with E-state index in [1.165, 1.54) is 6.92 Å². The van der Waals surface area contributed by atoms with Crippen LogP contribution >= 0.6 is 23.2 Å². The molecule has 1 amide bonds. The normalized spacial score (nSPS) is 11.8. The molecule has 0 saturated carbocycles. The van der Waals surface area contributed by atoms with Crippen molar-refractivity contribution < 1.29 is 19.1 Å². The van der Waals surface area contributed by atoms with Crippen LogP contribution in [0.3, 0.4) is 0 Å². The molecule has 0 aliphatic carbocycles.